The highest BCUT2D eigenvalue weighted by atomic mass is 35.5. The number of carbonyl (C=O) groups excluding carboxylic acids is 2. The third kappa shape index (κ3) is 6.49. The Hall–Kier alpha value is -2.04. The van der Waals surface area contributed by atoms with Crippen molar-refractivity contribution in [1.29, 1.82) is 0 Å². The molecular weight excluding hydrogens is 443 g/mol. The molecular formula is C26H32Cl2N2O2. The lowest BCUT2D eigenvalue weighted by Crippen LogP contribution is -2.49. The fourth-order valence-electron chi connectivity index (χ4n) is 4.16. The maximum Gasteiger partial charge on any atom is 0.242 e. The normalized spacial score (nSPS) is 14.9. The van der Waals surface area contributed by atoms with Gasteiger partial charge >= 0.3 is 0 Å². The number of hydrogen-bond donors (Lipinski definition) is 1. The summed E-state index contributed by atoms with van der Waals surface area (Å²) in [5.74, 6) is -0.213. The van der Waals surface area contributed by atoms with E-state index in [1.807, 2.05) is 0 Å². The molecule has 2 aromatic rings. The van der Waals surface area contributed by atoms with E-state index in [1.54, 1.807) is 30.0 Å². The van der Waals surface area contributed by atoms with Crippen LogP contribution >= 0.6 is 23.2 Å². The van der Waals surface area contributed by atoms with Crippen molar-refractivity contribution in [2.24, 2.45) is 0 Å². The molecule has 0 saturated heterocycles. The fourth-order valence-corrected chi connectivity index (χ4v) is 4.68. The Morgan fingerprint density at radius 2 is 1.62 bits per heavy atom. The summed E-state index contributed by atoms with van der Waals surface area (Å²) in [6, 6.07) is 13.2. The Morgan fingerprint density at radius 3 is 2.22 bits per heavy atom. The number of amides is 2. The monoisotopic (exact) mass is 474 g/mol. The van der Waals surface area contributed by atoms with Crippen LogP contribution < -0.4 is 5.32 Å². The standard InChI is InChI=1S/C26H32Cl2N2O2/c1-3-19-11-13-20(14-12-19)15-16-25(31)30(17-22-23(27)9-6-10-24(22)28)18(2)26(32)29-21-7-4-5-8-21/h6,9-14,18,21H,3-5,7-8,15-17H2,1-2H3,(H,29,32)/t18-/m1/s1. The van der Waals surface area contributed by atoms with Crippen molar-refractivity contribution in [2.75, 3.05) is 0 Å². The lowest BCUT2D eigenvalue weighted by atomic mass is 10.0. The first kappa shape index (κ1) is 24.6. The van der Waals surface area contributed by atoms with E-state index in [4.69, 9.17) is 23.2 Å². The summed E-state index contributed by atoms with van der Waals surface area (Å²) in [4.78, 5) is 27.9. The lowest BCUT2D eigenvalue weighted by molar-refractivity contribution is -0.140. The first-order valence-corrected chi connectivity index (χ1v) is 12.2. The zero-order valence-corrected chi connectivity index (χ0v) is 20.4. The topological polar surface area (TPSA) is 49.4 Å². The van der Waals surface area contributed by atoms with Crippen LogP contribution in [0.2, 0.25) is 10.0 Å². The number of benzene rings is 2. The second-order valence-corrected chi connectivity index (χ2v) is 9.37. The molecule has 1 fully saturated rings. The lowest BCUT2D eigenvalue weighted by Gasteiger charge is -2.30. The summed E-state index contributed by atoms with van der Waals surface area (Å²) in [5.41, 5.74) is 3.04. The maximum atomic E-state index is 13.3. The van der Waals surface area contributed by atoms with Crippen LogP contribution in [0, 0.1) is 0 Å². The number of nitrogens with zero attached hydrogens (tertiary/aromatic N) is 1. The molecule has 0 bridgehead atoms. The van der Waals surface area contributed by atoms with Crippen molar-refractivity contribution in [3.05, 3.63) is 69.2 Å². The molecule has 1 aliphatic carbocycles. The van der Waals surface area contributed by atoms with E-state index < -0.39 is 6.04 Å². The van der Waals surface area contributed by atoms with Gasteiger partial charge in [0.2, 0.25) is 11.8 Å². The van der Waals surface area contributed by atoms with Crippen LogP contribution in [0.3, 0.4) is 0 Å². The number of nitrogens with one attached hydrogen (secondary N) is 1. The molecule has 1 saturated carbocycles. The van der Waals surface area contributed by atoms with Gasteiger partial charge in [-0.2, -0.15) is 0 Å². The van der Waals surface area contributed by atoms with E-state index in [1.165, 1.54) is 5.56 Å². The quantitative estimate of drug-likeness (QED) is 0.486. The molecule has 0 unspecified atom stereocenters. The second kappa shape index (κ2) is 11.7. The molecule has 2 amide bonds. The van der Waals surface area contributed by atoms with Gasteiger partial charge in [-0.25, -0.2) is 0 Å². The van der Waals surface area contributed by atoms with Gasteiger partial charge in [0.1, 0.15) is 6.04 Å². The van der Waals surface area contributed by atoms with E-state index in [-0.39, 0.29) is 24.4 Å². The molecule has 32 heavy (non-hydrogen) atoms. The SMILES string of the molecule is CCc1ccc(CCC(=O)N(Cc2c(Cl)cccc2Cl)[C@H](C)C(=O)NC2CCCC2)cc1. The van der Waals surface area contributed by atoms with Crippen LogP contribution in [-0.2, 0) is 29.0 Å². The van der Waals surface area contributed by atoms with Gasteiger partial charge < -0.3 is 10.2 Å². The molecule has 0 spiro atoms. The van der Waals surface area contributed by atoms with Gasteiger partial charge in [0.25, 0.3) is 0 Å². The molecule has 2 aromatic carbocycles. The number of rotatable bonds is 9. The Kier molecular flexibility index (Phi) is 9.01. The molecule has 1 N–H and O–H groups in total. The third-order valence-corrected chi connectivity index (χ3v) is 7.03. The number of aryl methyl sites for hydroxylation is 2. The van der Waals surface area contributed by atoms with Gasteiger partial charge in [0.05, 0.1) is 0 Å². The van der Waals surface area contributed by atoms with Crippen molar-refractivity contribution in [1.82, 2.24) is 10.2 Å². The maximum absolute atomic E-state index is 13.3. The van der Waals surface area contributed by atoms with Crippen molar-refractivity contribution in [2.45, 2.75) is 77.4 Å². The highest BCUT2D eigenvalue weighted by Crippen LogP contribution is 2.27. The highest BCUT2D eigenvalue weighted by Gasteiger charge is 2.29. The van der Waals surface area contributed by atoms with Crippen molar-refractivity contribution in [3.63, 3.8) is 0 Å². The van der Waals surface area contributed by atoms with Crippen molar-refractivity contribution < 1.29 is 9.59 Å². The zero-order chi connectivity index (χ0) is 23.1. The summed E-state index contributed by atoms with van der Waals surface area (Å²) < 4.78 is 0. The van der Waals surface area contributed by atoms with Crippen molar-refractivity contribution >= 4 is 35.0 Å². The predicted octanol–water partition coefficient (Wildman–Crippen LogP) is 5.96. The third-order valence-electron chi connectivity index (χ3n) is 6.32. The second-order valence-electron chi connectivity index (χ2n) is 8.56. The van der Waals surface area contributed by atoms with E-state index in [9.17, 15) is 9.59 Å². The molecule has 3 rings (SSSR count). The van der Waals surface area contributed by atoms with Gasteiger partial charge in [0.15, 0.2) is 0 Å². The average molecular weight is 475 g/mol. The summed E-state index contributed by atoms with van der Waals surface area (Å²) >= 11 is 12.8. The Morgan fingerprint density at radius 1 is 1.03 bits per heavy atom. The zero-order valence-electron chi connectivity index (χ0n) is 18.9. The predicted molar refractivity (Wildman–Crippen MR) is 131 cm³/mol. The summed E-state index contributed by atoms with van der Waals surface area (Å²) in [5, 5.41) is 4.11. The Bertz CT molecular complexity index is 904. The van der Waals surface area contributed by atoms with Gasteiger partial charge in [-0.15, -0.1) is 0 Å². The van der Waals surface area contributed by atoms with Gasteiger partial charge in [-0.1, -0.05) is 73.3 Å². The highest BCUT2D eigenvalue weighted by molar-refractivity contribution is 6.36. The minimum Gasteiger partial charge on any atom is -0.352 e. The van der Waals surface area contributed by atoms with Crippen LogP contribution in [0.25, 0.3) is 0 Å². The molecule has 0 aromatic heterocycles. The van der Waals surface area contributed by atoms with Gasteiger partial charge in [0, 0.05) is 34.6 Å². The minimum absolute atomic E-state index is 0.0883. The van der Waals surface area contributed by atoms with Gasteiger partial charge in [-0.3, -0.25) is 9.59 Å². The first-order chi connectivity index (χ1) is 15.4. The molecule has 0 radical (unpaired) electrons. The number of carbonyl (C=O) groups is 2. The smallest absolute Gasteiger partial charge is 0.242 e. The molecule has 0 heterocycles. The van der Waals surface area contributed by atoms with Crippen LogP contribution in [0.15, 0.2) is 42.5 Å². The molecule has 4 nitrogen and oxygen atoms in total. The fraction of sp³-hybridized carbons (Fsp3) is 0.462. The van der Waals surface area contributed by atoms with Crippen LogP contribution in [0.4, 0.5) is 0 Å². The largest absolute Gasteiger partial charge is 0.352 e. The number of hydrogen-bond acceptors (Lipinski definition) is 2. The molecule has 172 valence electrons. The van der Waals surface area contributed by atoms with Crippen molar-refractivity contribution in [3.8, 4) is 0 Å². The van der Waals surface area contributed by atoms with E-state index in [0.717, 1.165) is 37.7 Å². The van der Waals surface area contributed by atoms with Crippen LogP contribution in [0.1, 0.15) is 62.6 Å². The Balaban J connectivity index is 1.74. The average Bonchev–Trinajstić information content (AvgIpc) is 3.30. The Labute approximate surface area is 201 Å². The van der Waals surface area contributed by atoms with Crippen LogP contribution in [0.5, 0.6) is 0 Å². The van der Waals surface area contributed by atoms with E-state index >= 15 is 0 Å². The van der Waals surface area contributed by atoms with Gasteiger partial charge in [-0.05, 0) is 55.9 Å². The summed E-state index contributed by atoms with van der Waals surface area (Å²) in [6.45, 7) is 4.10. The van der Waals surface area contributed by atoms with Crippen LogP contribution in [-0.4, -0.2) is 28.8 Å². The minimum atomic E-state index is -0.613. The molecule has 1 aliphatic rings. The summed E-state index contributed by atoms with van der Waals surface area (Å²) in [6.07, 6.45) is 6.18. The van der Waals surface area contributed by atoms with E-state index in [0.29, 0.717) is 28.5 Å². The summed E-state index contributed by atoms with van der Waals surface area (Å²) in [7, 11) is 0. The molecule has 6 heteroatoms. The molecule has 1 atom stereocenters. The molecule has 0 aliphatic heterocycles. The first-order valence-electron chi connectivity index (χ1n) is 11.5. The number of halogens is 2. The van der Waals surface area contributed by atoms with E-state index in [2.05, 4.69) is 36.5 Å².